The quantitative estimate of drug-likeness (QED) is 0.180. The number of hydrogen-bond donors (Lipinski definition) is 1. The predicted octanol–water partition coefficient (Wildman–Crippen LogP) is 7.81. The summed E-state index contributed by atoms with van der Waals surface area (Å²) in [4.78, 5) is 27.5. The Morgan fingerprint density at radius 1 is 0.818 bits per heavy atom. The van der Waals surface area contributed by atoms with Crippen LogP contribution in [-0.4, -0.2) is 43.7 Å². The van der Waals surface area contributed by atoms with Crippen molar-refractivity contribution in [3.05, 3.63) is 117 Å². The lowest BCUT2D eigenvalue weighted by atomic mass is 9.93. The van der Waals surface area contributed by atoms with Crippen LogP contribution < -0.4 is 4.90 Å². The average molecular weight is 627 g/mol. The van der Waals surface area contributed by atoms with Crippen LogP contribution >= 0.6 is 23.2 Å². The zero-order valence-corrected chi connectivity index (χ0v) is 25.8. The topological polar surface area (TPSA) is 84.1 Å². The minimum absolute atomic E-state index is 0.0286. The largest absolute Gasteiger partial charge is 0.477 e. The number of anilines is 1. The monoisotopic (exact) mass is 625 g/mol. The third kappa shape index (κ3) is 6.17. The van der Waals surface area contributed by atoms with E-state index >= 15 is 0 Å². The van der Waals surface area contributed by atoms with Gasteiger partial charge >= 0.3 is 5.97 Å². The minimum Gasteiger partial charge on any atom is -0.477 e. The summed E-state index contributed by atoms with van der Waals surface area (Å²) in [5.74, 6) is 1.67. The molecule has 3 aromatic carbocycles. The van der Waals surface area contributed by atoms with Gasteiger partial charge < -0.3 is 14.6 Å². The Balaban J connectivity index is 1.19. The van der Waals surface area contributed by atoms with Gasteiger partial charge in [-0.15, -0.1) is 0 Å². The van der Waals surface area contributed by atoms with Crippen LogP contribution in [-0.2, 0) is 19.4 Å². The Morgan fingerprint density at radius 2 is 1.48 bits per heavy atom. The summed E-state index contributed by atoms with van der Waals surface area (Å²) in [5.41, 5.74) is 7.31. The van der Waals surface area contributed by atoms with Gasteiger partial charge in [-0.2, -0.15) is 0 Å². The lowest BCUT2D eigenvalue weighted by Gasteiger charge is -2.32. The number of aromatic carboxylic acids is 1. The summed E-state index contributed by atoms with van der Waals surface area (Å²) < 4.78 is 2.49. The molecule has 1 aliphatic heterocycles. The molecule has 3 heterocycles. The van der Waals surface area contributed by atoms with Gasteiger partial charge in [0, 0.05) is 41.8 Å². The van der Waals surface area contributed by atoms with Crippen molar-refractivity contribution in [2.45, 2.75) is 51.0 Å². The number of halogens is 2. The van der Waals surface area contributed by atoms with Crippen LogP contribution in [0.3, 0.4) is 0 Å². The van der Waals surface area contributed by atoms with Crippen LogP contribution in [0.2, 0.25) is 10.0 Å². The van der Waals surface area contributed by atoms with Crippen molar-refractivity contribution in [2.75, 3.05) is 18.0 Å². The minimum atomic E-state index is -1.03. The highest BCUT2D eigenvalue weighted by atomic mass is 35.5. The van der Waals surface area contributed by atoms with E-state index in [9.17, 15) is 9.90 Å². The van der Waals surface area contributed by atoms with E-state index in [0.717, 1.165) is 60.9 Å². The summed E-state index contributed by atoms with van der Waals surface area (Å²) in [5, 5.41) is 10.8. The third-order valence-electron chi connectivity index (χ3n) is 8.90. The molecular formula is C35H33Cl2N5O2. The van der Waals surface area contributed by atoms with Gasteiger partial charge in [0.25, 0.3) is 0 Å². The van der Waals surface area contributed by atoms with E-state index < -0.39 is 5.97 Å². The maximum Gasteiger partial charge on any atom is 0.354 e. The summed E-state index contributed by atoms with van der Waals surface area (Å²) >= 11 is 12.4. The number of aromatic nitrogens is 4. The Hall–Kier alpha value is -3.94. The third-order valence-corrected chi connectivity index (χ3v) is 9.40. The molecule has 0 bridgehead atoms. The summed E-state index contributed by atoms with van der Waals surface area (Å²) in [7, 11) is 0. The second-order valence-electron chi connectivity index (χ2n) is 12.0. The van der Waals surface area contributed by atoms with E-state index in [1.165, 1.54) is 58.7 Å². The van der Waals surface area contributed by atoms with Crippen LogP contribution in [0.25, 0.3) is 11.0 Å². The van der Waals surface area contributed by atoms with Crippen molar-refractivity contribution in [3.63, 3.8) is 0 Å². The maximum absolute atomic E-state index is 11.4. The van der Waals surface area contributed by atoms with Crippen molar-refractivity contribution < 1.29 is 9.90 Å². The molecular weight excluding hydrogens is 593 g/mol. The molecule has 1 saturated heterocycles. The second kappa shape index (κ2) is 12.2. The van der Waals surface area contributed by atoms with Crippen LogP contribution in [0.5, 0.6) is 0 Å². The van der Waals surface area contributed by atoms with Gasteiger partial charge in [-0.1, -0.05) is 53.5 Å². The normalized spacial score (nSPS) is 15.6. The Labute approximate surface area is 266 Å². The molecule has 2 fully saturated rings. The second-order valence-corrected chi connectivity index (χ2v) is 12.9. The molecule has 0 spiro atoms. The predicted molar refractivity (Wildman–Crippen MR) is 174 cm³/mol. The molecule has 224 valence electrons. The van der Waals surface area contributed by atoms with Crippen LogP contribution in [0, 0.1) is 5.92 Å². The van der Waals surface area contributed by atoms with Gasteiger partial charge in [0.15, 0.2) is 5.69 Å². The smallest absolute Gasteiger partial charge is 0.354 e. The molecule has 7 rings (SSSR count). The molecule has 0 amide bonds. The fourth-order valence-corrected chi connectivity index (χ4v) is 6.59. The number of carboxylic acid groups (broad SMARTS) is 1. The lowest BCUT2D eigenvalue weighted by Crippen LogP contribution is -2.36. The average Bonchev–Trinajstić information content (AvgIpc) is 3.82. The fourth-order valence-electron chi connectivity index (χ4n) is 6.34. The first kappa shape index (κ1) is 28.8. The molecule has 1 aliphatic carbocycles. The highest BCUT2D eigenvalue weighted by Gasteiger charge is 2.32. The van der Waals surface area contributed by atoms with Gasteiger partial charge in [-0.05, 0) is 103 Å². The zero-order chi connectivity index (χ0) is 30.2. The first-order chi connectivity index (χ1) is 21.4. The number of nitrogens with zero attached hydrogens (tertiary/aromatic N) is 5. The summed E-state index contributed by atoms with van der Waals surface area (Å²) in [6, 6.07) is 22.2. The molecule has 1 N–H and O–H groups in total. The SMILES string of the molecule is O=C(O)c1ccnc(N2CCC(Cn3c(C4CC4)nc4c(Cc5ccc(Cl)cc5)c(Cc5ccc(Cl)cc5)ccc43)CC2)n1. The van der Waals surface area contributed by atoms with Gasteiger partial charge in [0.2, 0.25) is 5.95 Å². The number of hydrogen-bond acceptors (Lipinski definition) is 5. The van der Waals surface area contributed by atoms with Gasteiger partial charge in [-0.3, -0.25) is 0 Å². The van der Waals surface area contributed by atoms with Crippen LogP contribution in [0.1, 0.15) is 70.2 Å². The molecule has 9 heteroatoms. The molecule has 0 atom stereocenters. The number of benzene rings is 3. The van der Waals surface area contributed by atoms with Gasteiger partial charge in [0.1, 0.15) is 5.82 Å². The number of carboxylic acids is 1. The Bertz CT molecular complexity index is 1810. The molecule has 0 radical (unpaired) electrons. The van der Waals surface area contributed by atoms with E-state index in [-0.39, 0.29) is 5.69 Å². The van der Waals surface area contributed by atoms with Gasteiger partial charge in [0.05, 0.1) is 11.0 Å². The molecule has 44 heavy (non-hydrogen) atoms. The maximum atomic E-state index is 11.4. The zero-order valence-electron chi connectivity index (χ0n) is 24.3. The van der Waals surface area contributed by atoms with E-state index in [0.29, 0.717) is 17.8 Å². The van der Waals surface area contributed by atoms with Crippen molar-refractivity contribution in [1.82, 2.24) is 19.5 Å². The van der Waals surface area contributed by atoms with Crippen LogP contribution in [0.4, 0.5) is 5.95 Å². The lowest BCUT2D eigenvalue weighted by molar-refractivity contribution is 0.0690. The number of carbonyl (C=O) groups is 1. The highest BCUT2D eigenvalue weighted by Crippen LogP contribution is 2.42. The molecule has 2 aliphatic rings. The van der Waals surface area contributed by atoms with Crippen molar-refractivity contribution in [3.8, 4) is 0 Å². The summed E-state index contributed by atoms with van der Waals surface area (Å²) in [6.07, 6.45) is 7.46. The molecule has 2 aromatic heterocycles. The molecule has 0 unspecified atom stereocenters. The number of piperidine rings is 1. The standard InChI is InChI=1S/C35H33Cl2N5O2/c36-27-8-1-22(2-9-27)19-26-7-12-31-32(29(26)20-23-3-10-28(37)11-4-23)40-33(25-5-6-25)42(31)21-24-14-17-41(18-15-24)35-38-16-13-30(39-35)34(43)44/h1-4,7-13,16,24-25H,5-6,14-15,17-21H2,(H,43,44). The molecule has 7 nitrogen and oxygen atoms in total. The van der Waals surface area contributed by atoms with E-state index in [1.54, 1.807) is 0 Å². The Morgan fingerprint density at radius 3 is 2.11 bits per heavy atom. The number of fused-ring (bicyclic) bond motifs is 1. The van der Waals surface area contributed by atoms with E-state index in [2.05, 4.69) is 55.8 Å². The van der Waals surface area contributed by atoms with Crippen molar-refractivity contribution in [1.29, 1.82) is 0 Å². The number of imidazole rings is 1. The van der Waals surface area contributed by atoms with E-state index in [1.807, 2.05) is 24.3 Å². The fraction of sp³-hybridized carbons (Fsp3) is 0.314. The molecule has 1 saturated carbocycles. The van der Waals surface area contributed by atoms with Gasteiger partial charge in [-0.25, -0.2) is 19.7 Å². The first-order valence-corrected chi connectivity index (χ1v) is 16.0. The Kier molecular flexibility index (Phi) is 8.00. The van der Waals surface area contributed by atoms with Crippen molar-refractivity contribution >= 4 is 46.2 Å². The highest BCUT2D eigenvalue weighted by molar-refractivity contribution is 6.30. The van der Waals surface area contributed by atoms with Crippen LogP contribution in [0.15, 0.2) is 72.9 Å². The number of rotatable bonds is 9. The van der Waals surface area contributed by atoms with Crippen molar-refractivity contribution in [2.24, 2.45) is 5.92 Å². The van der Waals surface area contributed by atoms with E-state index in [4.69, 9.17) is 28.2 Å². The summed E-state index contributed by atoms with van der Waals surface area (Å²) in [6.45, 7) is 2.52. The first-order valence-electron chi connectivity index (χ1n) is 15.2. The molecule has 5 aromatic rings.